The van der Waals surface area contributed by atoms with Gasteiger partial charge >= 0.3 is 0 Å². The van der Waals surface area contributed by atoms with E-state index >= 15 is 0 Å². The third-order valence-corrected chi connectivity index (χ3v) is 3.82. The lowest BCUT2D eigenvalue weighted by molar-refractivity contribution is -0.121. The van der Waals surface area contributed by atoms with Gasteiger partial charge in [-0.2, -0.15) is 0 Å². The minimum absolute atomic E-state index is 0.139. The fourth-order valence-corrected chi connectivity index (χ4v) is 2.56. The predicted molar refractivity (Wildman–Crippen MR) is 93.6 cm³/mol. The van der Waals surface area contributed by atoms with Crippen molar-refractivity contribution in [3.05, 3.63) is 59.7 Å². The molecule has 0 unspecified atom stereocenters. The molecule has 0 fully saturated rings. The number of rotatable bonds is 5. The Bertz CT molecular complexity index is 793. The Morgan fingerprint density at radius 2 is 1.64 bits per heavy atom. The predicted octanol–water partition coefficient (Wildman–Crippen LogP) is 3.68. The number of hydrogen-bond donors (Lipinski definition) is 0. The molecule has 0 aromatic heterocycles. The molecule has 132 valence electrons. The van der Waals surface area contributed by atoms with Crippen molar-refractivity contribution in [2.24, 2.45) is 0 Å². The first-order valence-corrected chi connectivity index (χ1v) is 7.93. The highest BCUT2D eigenvalue weighted by molar-refractivity contribution is 6.03. The SMILES string of the molecule is CCN(C(=O)CN(C(C)=O)c1ccc(F)c(F)c1)c1cccc(C)c1. The number of amides is 2. The first-order chi connectivity index (χ1) is 11.8. The zero-order valence-electron chi connectivity index (χ0n) is 14.4. The van der Waals surface area contributed by atoms with E-state index in [1.165, 1.54) is 13.0 Å². The fraction of sp³-hybridized carbons (Fsp3) is 0.263. The highest BCUT2D eigenvalue weighted by atomic mass is 19.2. The summed E-state index contributed by atoms with van der Waals surface area (Å²) in [4.78, 5) is 27.3. The van der Waals surface area contributed by atoms with Crippen LogP contribution in [0.3, 0.4) is 0 Å². The quantitative estimate of drug-likeness (QED) is 0.829. The van der Waals surface area contributed by atoms with Gasteiger partial charge in [0, 0.05) is 30.9 Å². The lowest BCUT2D eigenvalue weighted by Gasteiger charge is -2.26. The second kappa shape index (κ2) is 7.88. The van der Waals surface area contributed by atoms with E-state index in [1.807, 2.05) is 38.1 Å². The van der Waals surface area contributed by atoms with Gasteiger partial charge in [0.15, 0.2) is 11.6 Å². The Balaban J connectivity index is 2.27. The standard InChI is InChI=1S/C19H20F2N2O2/c1-4-22(15-7-5-6-13(2)10-15)19(25)12-23(14(3)24)16-8-9-17(20)18(21)11-16/h5-11H,4,12H2,1-3H3. The molecule has 0 saturated heterocycles. The van der Waals surface area contributed by atoms with Crippen molar-refractivity contribution in [3.8, 4) is 0 Å². The number of nitrogens with zero attached hydrogens (tertiary/aromatic N) is 2. The van der Waals surface area contributed by atoms with Crippen molar-refractivity contribution in [3.63, 3.8) is 0 Å². The maximum Gasteiger partial charge on any atom is 0.247 e. The minimum atomic E-state index is -1.07. The number of carbonyl (C=O) groups excluding carboxylic acids is 2. The van der Waals surface area contributed by atoms with Crippen molar-refractivity contribution >= 4 is 23.2 Å². The van der Waals surface area contributed by atoms with Gasteiger partial charge in [0.2, 0.25) is 11.8 Å². The summed E-state index contributed by atoms with van der Waals surface area (Å²) in [7, 11) is 0. The molecule has 0 heterocycles. The van der Waals surface area contributed by atoms with Crippen LogP contribution in [0.5, 0.6) is 0 Å². The van der Waals surface area contributed by atoms with Gasteiger partial charge in [0.1, 0.15) is 6.54 Å². The molecule has 2 aromatic rings. The smallest absolute Gasteiger partial charge is 0.247 e. The lowest BCUT2D eigenvalue weighted by Crippen LogP contribution is -2.42. The second-order valence-corrected chi connectivity index (χ2v) is 5.68. The summed E-state index contributed by atoms with van der Waals surface area (Å²) >= 11 is 0. The van der Waals surface area contributed by atoms with Crippen LogP contribution in [-0.4, -0.2) is 24.9 Å². The van der Waals surface area contributed by atoms with Crippen LogP contribution >= 0.6 is 0 Å². The zero-order valence-corrected chi connectivity index (χ0v) is 14.4. The van der Waals surface area contributed by atoms with Crippen molar-refractivity contribution in [1.29, 1.82) is 0 Å². The summed E-state index contributed by atoms with van der Waals surface area (Å²) in [5.74, 6) is -2.82. The third-order valence-electron chi connectivity index (χ3n) is 3.82. The summed E-state index contributed by atoms with van der Waals surface area (Å²) in [5.41, 5.74) is 1.87. The second-order valence-electron chi connectivity index (χ2n) is 5.68. The molecule has 0 radical (unpaired) electrons. The number of anilines is 2. The van der Waals surface area contributed by atoms with Gasteiger partial charge in [-0.25, -0.2) is 8.78 Å². The van der Waals surface area contributed by atoms with Gasteiger partial charge in [0.25, 0.3) is 0 Å². The number of likely N-dealkylation sites (N-methyl/N-ethyl adjacent to an activating group) is 1. The Kier molecular flexibility index (Phi) is 5.85. The van der Waals surface area contributed by atoms with Crippen LogP contribution in [0.25, 0.3) is 0 Å². The Morgan fingerprint density at radius 1 is 0.960 bits per heavy atom. The van der Waals surface area contributed by atoms with Crippen LogP contribution in [0.2, 0.25) is 0 Å². The Hall–Kier alpha value is -2.76. The van der Waals surface area contributed by atoms with Crippen LogP contribution in [0, 0.1) is 18.6 Å². The lowest BCUT2D eigenvalue weighted by atomic mass is 10.2. The molecule has 0 spiro atoms. The summed E-state index contributed by atoms with van der Waals surface area (Å²) in [5, 5.41) is 0. The van der Waals surface area contributed by atoms with E-state index in [0.29, 0.717) is 6.54 Å². The van der Waals surface area contributed by atoms with Gasteiger partial charge in [-0.3, -0.25) is 9.59 Å². The van der Waals surface area contributed by atoms with Crippen LogP contribution in [0.1, 0.15) is 19.4 Å². The van der Waals surface area contributed by atoms with E-state index in [4.69, 9.17) is 0 Å². The minimum Gasteiger partial charge on any atom is -0.311 e. The highest BCUT2D eigenvalue weighted by Crippen LogP contribution is 2.20. The normalized spacial score (nSPS) is 10.4. The molecular formula is C19H20F2N2O2. The average Bonchev–Trinajstić information content (AvgIpc) is 2.56. The molecule has 0 aliphatic carbocycles. The maximum atomic E-state index is 13.5. The molecule has 0 N–H and O–H groups in total. The van der Waals surface area contributed by atoms with Gasteiger partial charge in [-0.15, -0.1) is 0 Å². The summed E-state index contributed by atoms with van der Waals surface area (Å²) < 4.78 is 26.6. The van der Waals surface area contributed by atoms with E-state index in [9.17, 15) is 18.4 Å². The van der Waals surface area contributed by atoms with Crippen LogP contribution < -0.4 is 9.80 Å². The molecular weight excluding hydrogens is 326 g/mol. The van der Waals surface area contributed by atoms with E-state index in [0.717, 1.165) is 28.3 Å². The molecule has 2 aromatic carbocycles. The Labute approximate surface area is 145 Å². The highest BCUT2D eigenvalue weighted by Gasteiger charge is 2.21. The third kappa shape index (κ3) is 4.41. The van der Waals surface area contributed by atoms with Gasteiger partial charge in [-0.05, 0) is 43.7 Å². The van der Waals surface area contributed by atoms with Crippen molar-refractivity contribution in [2.45, 2.75) is 20.8 Å². The van der Waals surface area contributed by atoms with Gasteiger partial charge in [-0.1, -0.05) is 12.1 Å². The number of carbonyl (C=O) groups is 2. The Morgan fingerprint density at radius 3 is 2.20 bits per heavy atom. The fourth-order valence-electron chi connectivity index (χ4n) is 2.56. The number of benzene rings is 2. The molecule has 2 rings (SSSR count). The van der Waals surface area contributed by atoms with E-state index in [1.54, 1.807) is 4.90 Å². The first-order valence-electron chi connectivity index (χ1n) is 7.93. The average molecular weight is 346 g/mol. The first kappa shape index (κ1) is 18.6. The summed E-state index contributed by atoms with van der Waals surface area (Å²) in [6, 6.07) is 10.6. The van der Waals surface area contributed by atoms with Crippen molar-refractivity contribution in [1.82, 2.24) is 0 Å². The number of hydrogen-bond acceptors (Lipinski definition) is 2. The zero-order chi connectivity index (χ0) is 18.6. The number of aryl methyl sites for hydroxylation is 1. The monoisotopic (exact) mass is 346 g/mol. The summed E-state index contributed by atoms with van der Waals surface area (Å²) in [6.45, 7) is 5.19. The van der Waals surface area contributed by atoms with E-state index in [-0.39, 0.29) is 18.1 Å². The molecule has 4 nitrogen and oxygen atoms in total. The summed E-state index contributed by atoms with van der Waals surface area (Å²) in [6.07, 6.45) is 0. The van der Waals surface area contributed by atoms with Crippen LogP contribution in [0.15, 0.2) is 42.5 Å². The molecule has 2 amide bonds. The topological polar surface area (TPSA) is 40.6 Å². The molecule has 0 bridgehead atoms. The van der Waals surface area contributed by atoms with E-state index < -0.39 is 17.5 Å². The largest absolute Gasteiger partial charge is 0.311 e. The molecule has 0 saturated carbocycles. The van der Waals surface area contributed by atoms with Gasteiger partial charge < -0.3 is 9.80 Å². The molecule has 6 heteroatoms. The molecule has 0 atom stereocenters. The molecule has 0 aliphatic rings. The number of halogens is 2. The van der Waals surface area contributed by atoms with Gasteiger partial charge in [0.05, 0.1) is 0 Å². The van der Waals surface area contributed by atoms with Crippen molar-refractivity contribution in [2.75, 3.05) is 22.9 Å². The van der Waals surface area contributed by atoms with Crippen molar-refractivity contribution < 1.29 is 18.4 Å². The molecule has 0 aliphatic heterocycles. The molecule has 25 heavy (non-hydrogen) atoms. The van der Waals surface area contributed by atoms with E-state index in [2.05, 4.69) is 0 Å². The maximum absolute atomic E-state index is 13.5. The van der Waals surface area contributed by atoms with Crippen LogP contribution in [0.4, 0.5) is 20.2 Å². The van der Waals surface area contributed by atoms with Crippen LogP contribution in [-0.2, 0) is 9.59 Å².